The summed E-state index contributed by atoms with van der Waals surface area (Å²) in [5, 5.41) is 3.62. The van der Waals surface area contributed by atoms with Gasteiger partial charge in [0.05, 0.1) is 18.8 Å². The van der Waals surface area contributed by atoms with Gasteiger partial charge in [-0.1, -0.05) is 32.0 Å². The van der Waals surface area contributed by atoms with Crippen molar-refractivity contribution >= 4 is 22.8 Å². The molecule has 0 aliphatic carbocycles. The van der Waals surface area contributed by atoms with Crippen molar-refractivity contribution in [3.05, 3.63) is 36.0 Å². The molecule has 0 fully saturated rings. The summed E-state index contributed by atoms with van der Waals surface area (Å²) in [6.45, 7) is 6.03. The molecule has 0 bridgehead atoms. The van der Waals surface area contributed by atoms with Gasteiger partial charge in [0.2, 0.25) is 0 Å². The predicted octanol–water partition coefficient (Wildman–Crippen LogP) is 3.71. The van der Waals surface area contributed by atoms with Crippen molar-refractivity contribution in [2.45, 2.75) is 46.2 Å². The van der Waals surface area contributed by atoms with Crippen molar-refractivity contribution in [2.75, 3.05) is 13.3 Å². The predicted molar refractivity (Wildman–Crippen MR) is 99.9 cm³/mol. The molecule has 1 atom stereocenters. The number of halogens is 1. The maximum atomic E-state index is 12.8. The molecular weight excluding hydrogens is 335 g/mol. The highest BCUT2D eigenvalue weighted by atomic mass is 19.1. The molecule has 1 N–H and O–H groups in total. The molecule has 0 aliphatic rings. The lowest BCUT2D eigenvalue weighted by Crippen LogP contribution is -2.45. The number of alkyl halides is 1. The van der Waals surface area contributed by atoms with Gasteiger partial charge in [-0.3, -0.25) is 9.18 Å². The fraction of sp³-hybridized carbons (Fsp3) is 0.500. The summed E-state index contributed by atoms with van der Waals surface area (Å²) in [5.74, 6) is -0.823. The second-order valence-corrected chi connectivity index (χ2v) is 6.60. The Morgan fingerprint density at radius 3 is 2.62 bits per heavy atom. The van der Waals surface area contributed by atoms with E-state index < -0.39 is 12.0 Å². The van der Waals surface area contributed by atoms with E-state index in [1.807, 2.05) is 42.7 Å². The maximum Gasteiger partial charge on any atom is 0.328 e. The molecule has 26 heavy (non-hydrogen) atoms. The second kappa shape index (κ2) is 9.36. The molecule has 0 aliphatic heterocycles. The van der Waals surface area contributed by atoms with Gasteiger partial charge in [0.25, 0.3) is 5.91 Å². The molecule has 2 rings (SSSR count). The fourth-order valence-corrected chi connectivity index (χ4v) is 2.94. The number of esters is 1. The Balaban J connectivity index is 2.27. The molecule has 1 heterocycles. The third-order valence-electron chi connectivity index (χ3n) is 4.31. The van der Waals surface area contributed by atoms with Crippen LogP contribution in [0.4, 0.5) is 4.39 Å². The normalized spacial score (nSPS) is 12.3. The van der Waals surface area contributed by atoms with Crippen LogP contribution in [-0.4, -0.2) is 35.8 Å². The summed E-state index contributed by atoms with van der Waals surface area (Å²) in [6, 6.07) is 6.90. The first-order valence-corrected chi connectivity index (χ1v) is 9.10. The summed E-state index contributed by atoms with van der Waals surface area (Å²) in [5.41, 5.74) is 1.43. The standard InChI is InChI=1S/C20H27FN2O3/c1-4-26-20(25)18(14(2)3)22-19(24)16-13-23(12-8-7-11-21)17-10-6-5-9-15(16)17/h5-6,9-10,13-14,18H,4,7-8,11-12H2,1-3H3,(H,22,24). The monoisotopic (exact) mass is 362 g/mol. The Morgan fingerprint density at radius 2 is 1.96 bits per heavy atom. The number of aromatic nitrogens is 1. The number of carbonyl (C=O) groups excluding carboxylic acids is 2. The quantitative estimate of drug-likeness (QED) is 0.546. The van der Waals surface area contributed by atoms with Crippen LogP contribution >= 0.6 is 0 Å². The van der Waals surface area contributed by atoms with Crippen LogP contribution in [0.1, 0.15) is 44.0 Å². The largest absolute Gasteiger partial charge is 0.464 e. The van der Waals surface area contributed by atoms with E-state index in [9.17, 15) is 14.0 Å². The molecule has 0 saturated carbocycles. The number of ether oxygens (including phenoxy) is 1. The summed E-state index contributed by atoms with van der Waals surface area (Å²) in [7, 11) is 0. The number of carbonyl (C=O) groups is 2. The molecule has 2 aromatic rings. The number of fused-ring (bicyclic) bond motifs is 1. The second-order valence-electron chi connectivity index (χ2n) is 6.60. The van der Waals surface area contributed by atoms with E-state index in [2.05, 4.69) is 5.32 Å². The highest BCUT2D eigenvalue weighted by Crippen LogP contribution is 2.22. The Kier molecular flexibility index (Phi) is 7.18. The van der Waals surface area contributed by atoms with Crippen LogP contribution in [0.25, 0.3) is 10.9 Å². The lowest BCUT2D eigenvalue weighted by molar-refractivity contribution is -0.146. The number of nitrogens with zero attached hydrogens (tertiary/aromatic N) is 1. The first-order valence-electron chi connectivity index (χ1n) is 9.10. The van der Waals surface area contributed by atoms with Crippen LogP contribution in [0.5, 0.6) is 0 Å². The molecule has 1 unspecified atom stereocenters. The van der Waals surface area contributed by atoms with Gasteiger partial charge in [-0.2, -0.15) is 0 Å². The van der Waals surface area contributed by atoms with Crippen molar-refractivity contribution in [3.63, 3.8) is 0 Å². The van der Waals surface area contributed by atoms with Gasteiger partial charge in [0.1, 0.15) is 6.04 Å². The number of aryl methyl sites for hydroxylation is 1. The number of rotatable bonds is 9. The van der Waals surface area contributed by atoms with Gasteiger partial charge in [0, 0.05) is 23.6 Å². The average molecular weight is 362 g/mol. The highest BCUT2D eigenvalue weighted by molar-refractivity contribution is 6.08. The molecule has 1 amide bonds. The Morgan fingerprint density at radius 1 is 1.23 bits per heavy atom. The van der Waals surface area contributed by atoms with Crippen LogP contribution in [0, 0.1) is 5.92 Å². The lowest BCUT2D eigenvalue weighted by Gasteiger charge is -2.20. The molecule has 142 valence electrons. The molecule has 1 aromatic carbocycles. The Labute approximate surface area is 153 Å². The first-order chi connectivity index (χ1) is 12.5. The Hall–Kier alpha value is -2.37. The third kappa shape index (κ3) is 4.62. The molecular formula is C20H27FN2O3. The van der Waals surface area contributed by atoms with E-state index in [0.717, 1.165) is 10.9 Å². The van der Waals surface area contributed by atoms with Gasteiger partial charge < -0.3 is 14.6 Å². The highest BCUT2D eigenvalue weighted by Gasteiger charge is 2.27. The van der Waals surface area contributed by atoms with E-state index in [1.165, 1.54) is 0 Å². The van der Waals surface area contributed by atoms with E-state index in [-0.39, 0.29) is 25.1 Å². The first kappa shape index (κ1) is 19.9. The molecule has 0 spiro atoms. The minimum absolute atomic E-state index is 0.0871. The van der Waals surface area contributed by atoms with Crippen LogP contribution < -0.4 is 5.32 Å². The van der Waals surface area contributed by atoms with Crippen LogP contribution in [0.15, 0.2) is 30.5 Å². The Bertz CT molecular complexity index is 755. The topological polar surface area (TPSA) is 60.3 Å². The van der Waals surface area contributed by atoms with Crippen LogP contribution in [-0.2, 0) is 16.1 Å². The zero-order valence-electron chi connectivity index (χ0n) is 15.6. The smallest absolute Gasteiger partial charge is 0.328 e. The lowest BCUT2D eigenvalue weighted by atomic mass is 10.0. The molecule has 5 nitrogen and oxygen atoms in total. The van der Waals surface area contributed by atoms with Crippen LogP contribution in [0.2, 0.25) is 0 Å². The minimum atomic E-state index is -0.698. The van der Waals surface area contributed by atoms with Crippen LogP contribution in [0.3, 0.4) is 0 Å². The minimum Gasteiger partial charge on any atom is -0.464 e. The number of nitrogens with one attached hydrogen (secondary N) is 1. The van der Waals surface area contributed by atoms with Gasteiger partial charge in [0.15, 0.2) is 0 Å². The van der Waals surface area contributed by atoms with E-state index in [0.29, 0.717) is 24.9 Å². The SMILES string of the molecule is CCOC(=O)C(NC(=O)c1cn(CCCCF)c2ccccc12)C(C)C. The number of hydrogen-bond acceptors (Lipinski definition) is 3. The number of para-hydroxylation sites is 1. The zero-order valence-corrected chi connectivity index (χ0v) is 15.6. The fourth-order valence-electron chi connectivity index (χ4n) is 2.94. The van der Waals surface area contributed by atoms with Gasteiger partial charge in [-0.15, -0.1) is 0 Å². The van der Waals surface area contributed by atoms with E-state index >= 15 is 0 Å². The molecule has 1 aromatic heterocycles. The van der Waals surface area contributed by atoms with Crippen molar-refractivity contribution in [1.29, 1.82) is 0 Å². The van der Waals surface area contributed by atoms with E-state index in [4.69, 9.17) is 4.74 Å². The zero-order chi connectivity index (χ0) is 19.1. The third-order valence-corrected chi connectivity index (χ3v) is 4.31. The number of unbranched alkanes of at least 4 members (excludes halogenated alkanes) is 1. The van der Waals surface area contributed by atoms with Gasteiger partial charge >= 0.3 is 5.97 Å². The van der Waals surface area contributed by atoms with Crippen molar-refractivity contribution in [3.8, 4) is 0 Å². The number of amides is 1. The van der Waals surface area contributed by atoms with Gasteiger partial charge in [-0.25, -0.2) is 4.79 Å². The molecule has 6 heteroatoms. The maximum absolute atomic E-state index is 12.8. The summed E-state index contributed by atoms with van der Waals surface area (Å²) >= 11 is 0. The van der Waals surface area contributed by atoms with E-state index in [1.54, 1.807) is 13.1 Å². The molecule has 0 saturated heterocycles. The van der Waals surface area contributed by atoms with Gasteiger partial charge in [-0.05, 0) is 31.7 Å². The number of benzene rings is 1. The summed E-state index contributed by atoms with van der Waals surface area (Å²) in [4.78, 5) is 25.0. The number of hydrogen-bond donors (Lipinski definition) is 1. The van der Waals surface area contributed by atoms with Crippen molar-refractivity contribution in [1.82, 2.24) is 9.88 Å². The molecule has 0 radical (unpaired) electrons. The average Bonchev–Trinajstić information content (AvgIpc) is 2.99. The van der Waals surface area contributed by atoms with Crippen molar-refractivity contribution < 1.29 is 18.7 Å². The van der Waals surface area contributed by atoms with Crippen molar-refractivity contribution in [2.24, 2.45) is 5.92 Å². The summed E-state index contributed by atoms with van der Waals surface area (Å²) < 4.78 is 19.4. The summed E-state index contributed by atoms with van der Waals surface area (Å²) in [6.07, 6.45) is 2.97.